The number of piperidine rings is 1. The Kier molecular flexibility index (Phi) is 7.93. The van der Waals surface area contributed by atoms with Crippen LogP contribution in [0.15, 0.2) is 70.1 Å². The van der Waals surface area contributed by atoms with E-state index in [1.807, 2.05) is 49.4 Å². The Morgan fingerprint density at radius 2 is 1.92 bits per heavy atom. The number of rotatable bonds is 8. The molecule has 0 atom stereocenters. The number of pyridine rings is 2. The molecular formula is C29H30N4O4S. The Hall–Kier alpha value is -3.85. The SMILES string of the molecule is Cc1ccc(C(=O)NCCSCc2ccco2)c(C2CCN(C(=O)c3cc(=O)[nH]c4ccccc34)CC2)n1. The molecule has 8 nitrogen and oxygen atoms in total. The number of aromatic nitrogens is 2. The zero-order chi connectivity index (χ0) is 26.5. The third kappa shape index (κ3) is 5.83. The molecule has 1 aliphatic rings. The van der Waals surface area contributed by atoms with E-state index >= 15 is 0 Å². The molecule has 2 N–H and O–H groups in total. The average Bonchev–Trinajstić information content (AvgIpc) is 3.45. The number of aromatic amines is 1. The Morgan fingerprint density at radius 1 is 1.11 bits per heavy atom. The molecule has 0 bridgehead atoms. The van der Waals surface area contributed by atoms with E-state index in [4.69, 9.17) is 9.40 Å². The van der Waals surface area contributed by atoms with Crippen LogP contribution in [-0.2, 0) is 5.75 Å². The second-order valence-electron chi connectivity index (χ2n) is 9.43. The van der Waals surface area contributed by atoms with Gasteiger partial charge in [-0.2, -0.15) is 11.8 Å². The number of nitrogens with zero attached hydrogens (tertiary/aromatic N) is 2. The van der Waals surface area contributed by atoms with Crippen LogP contribution >= 0.6 is 11.8 Å². The van der Waals surface area contributed by atoms with Gasteiger partial charge in [0.2, 0.25) is 5.56 Å². The van der Waals surface area contributed by atoms with E-state index in [9.17, 15) is 14.4 Å². The fourth-order valence-electron chi connectivity index (χ4n) is 4.89. The standard InChI is InChI=1S/C29H30N4O4S/c1-19-8-9-23(28(35)30-12-16-38-18-21-5-4-15-37-21)27(31-19)20-10-13-33(14-11-20)29(36)24-17-26(34)32-25-7-3-2-6-22(24)25/h2-9,15,17,20H,10-14,16,18H2,1H3,(H,30,35)(H,32,34). The van der Waals surface area contributed by atoms with E-state index in [1.165, 1.54) is 6.07 Å². The highest BCUT2D eigenvalue weighted by molar-refractivity contribution is 7.98. The number of carbonyl (C=O) groups is 2. The van der Waals surface area contributed by atoms with E-state index in [0.29, 0.717) is 49.1 Å². The summed E-state index contributed by atoms with van der Waals surface area (Å²) in [5.74, 6) is 2.27. The van der Waals surface area contributed by atoms with Gasteiger partial charge in [-0.1, -0.05) is 18.2 Å². The minimum atomic E-state index is -0.291. The number of hydrogen-bond acceptors (Lipinski definition) is 6. The summed E-state index contributed by atoms with van der Waals surface area (Å²) < 4.78 is 5.34. The van der Waals surface area contributed by atoms with Crippen molar-refractivity contribution in [3.05, 3.63) is 99.5 Å². The van der Waals surface area contributed by atoms with Crippen LogP contribution < -0.4 is 10.9 Å². The van der Waals surface area contributed by atoms with E-state index < -0.39 is 0 Å². The van der Waals surface area contributed by atoms with E-state index in [-0.39, 0.29) is 23.3 Å². The monoisotopic (exact) mass is 530 g/mol. The van der Waals surface area contributed by atoms with Crippen LogP contribution in [0.2, 0.25) is 0 Å². The predicted molar refractivity (Wildman–Crippen MR) is 149 cm³/mol. The summed E-state index contributed by atoms with van der Waals surface area (Å²) in [6.07, 6.45) is 3.06. The van der Waals surface area contributed by atoms with Gasteiger partial charge in [0.1, 0.15) is 5.76 Å². The van der Waals surface area contributed by atoms with Crippen molar-refractivity contribution < 1.29 is 14.0 Å². The van der Waals surface area contributed by atoms with Crippen molar-refractivity contribution in [1.29, 1.82) is 0 Å². The molecule has 0 radical (unpaired) electrons. The molecule has 1 aliphatic heterocycles. The van der Waals surface area contributed by atoms with Crippen molar-refractivity contribution in [2.45, 2.75) is 31.4 Å². The van der Waals surface area contributed by atoms with Gasteiger partial charge in [-0.25, -0.2) is 0 Å². The molecule has 9 heteroatoms. The number of aryl methyl sites for hydroxylation is 1. The first-order valence-electron chi connectivity index (χ1n) is 12.8. The lowest BCUT2D eigenvalue weighted by atomic mass is 9.89. The molecule has 3 aromatic heterocycles. The Morgan fingerprint density at radius 3 is 2.71 bits per heavy atom. The van der Waals surface area contributed by atoms with Gasteiger partial charge in [-0.15, -0.1) is 0 Å². The largest absolute Gasteiger partial charge is 0.468 e. The number of amides is 2. The van der Waals surface area contributed by atoms with Crippen LogP contribution in [0, 0.1) is 6.92 Å². The van der Waals surface area contributed by atoms with Gasteiger partial charge in [-0.3, -0.25) is 19.4 Å². The van der Waals surface area contributed by atoms with Crippen molar-refractivity contribution in [3.63, 3.8) is 0 Å². The highest BCUT2D eigenvalue weighted by atomic mass is 32.2. The third-order valence-electron chi connectivity index (χ3n) is 6.81. The van der Waals surface area contributed by atoms with Crippen molar-refractivity contribution in [3.8, 4) is 0 Å². The summed E-state index contributed by atoms with van der Waals surface area (Å²) in [5, 5.41) is 3.76. The summed E-state index contributed by atoms with van der Waals surface area (Å²) in [6, 6.07) is 16.2. The van der Waals surface area contributed by atoms with Crippen LogP contribution in [0.1, 0.15) is 56.6 Å². The quantitative estimate of drug-likeness (QED) is 0.325. The summed E-state index contributed by atoms with van der Waals surface area (Å²) in [4.78, 5) is 47.9. The number of furan rings is 1. The smallest absolute Gasteiger partial charge is 0.254 e. The lowest BCUT2D eigenvalue weighted by molar-refractivity contribution is 0.0712. The maximum Gasteiger partial charge on any atom is 0.254 e. The number of benzene rings is 1. The second kappa shape index (κ2) is 11.7. The van der Waals surface area contributed by atoms with Gasteiger partial charge in [0.15, 0.2) is 0 Å². The van der Waals surface area contributed by atoms with Crippen LogP contribution in [-0.4, -0.2) is 52.1 Å². The van der Waals surface area contributed by atoms with Gasteiger partial charge < -0.3 is 19.6 Å². The van der Waals surface area contributed by atoms with Crippen LogP contribution in [0.4, 0.5) is 0 Å². The number of fused-ring (bicyclic) bond motifs is 1. The first-order valence-corrected chi connectivity index (χ1v) is 13.9. The number of carbonyl (C=O) groups excluding carboxylic acids is 2. The molecule has 0 spiro atoms. The van der Waals surface area contributed by atoms with Gasteiger partial charge in [-0.05, 0) is 50.1 Å². The number of para-hydroxylation sites is 1. The number of nitrogens with one attached hydrogen (secondary N) is 2. The van der Waals surface area contributed by atoms with Crippen molar-refractivity contribution in [2.24, 2.45) is 0 Å². The molecule has 4 aromatic rings. The number of H-pyrrole nitrogens is 1. The molecule has 0 unspecified atom stereocenters. The average molecular weight is 531 g/mol. The van der Waals surface area contributed by atoms with Gasteiger partial charge >= 0.3 is 0 Å². The Balaban J connectivity index is 1.22. The maximum absolute atomic E-state index is 13.4. The molecule has 1 saturated heterocycles. The highest BCUT2D eigenvalue weighted by Crippen LogP contribution is 2.30. The molecule has 38 heavy (non-hydrogen) atoms. The predicted octanol–water partition coefficient (Wildman–Crippen LogP) is 4.51. The van der Waals surface area contributed by atoms with E-state index in [2.05, 4.69) is 10.3 Å². The van der Waals surface area contributed by atoms with Gasteiger partial charge in [0, 0.05) is 54.0 Å². The molecule has 0 aliphatic carbocycles. The topological polar surface area (TPSA) is 108 Å². The van der Waals surface area contributed by atoms with Crippen molar-refractivity contribution >= 4 is 34.5 Å². The molecular weight excluding hydrogens is 500 g/mol. The number of thioether (sulfide) groups is 1. The molecule has 0 saturated carbocycles. The van der Waals surface area contributed by atoms with Crippen molar-refractivity contribution in [2.75, 3.05) is 25.4 Å². The number of likely N-dealkylation sites (tertiary alicyclic amines) is 1. The normalized spacial score (nSPS) is 14.1. The Labute approximate surface area is 224 Å². The molecule has 1 aromatic carbocycles. The van der Waals surface area contributed by atoms with Crippen LogP contribution in [0.25, 0.3) is 10.9 Å². The van der Waals surface area contributed by atoms with Crippen molar-refractivity contribution in [1.82, 2.24) is 20.2 Å². The first kappa shape index (κ1) is 25.8. The summed E-state index contributed by atoms with van der Waals surface area (Å²) in [5.41, 5.74) is 3.02. The summed E-state index contributed by atoms with van der Waals surface area (Å²) in [7, 11) is 0. The van der Waals surface area contributed by atoms with Crippen LogP contribution in [0.3, 0.4) is 0 Å². The fraction of sp³-hybridized carbons (Fsp3) is 0.310. The lowest BCUT2D eigenvalue weighted by Gasteiger charge is -2.32. The maximum atomic E-state index is 13.4. The highest BCUT2D eigenvalue weighted by Gasteiger charge is 2.29. The first-order chi connectivity index (χ1) is 18.5. The molecule has 4 heterocycles. The summed E-state index contributed by atoms with van der Waals surface area (Å²) in [6.45, 7) is 3.54. The minimum absolute atomic E-state index is 0.0731. The number of hydrogen-bond donors (Lipinski definition) is 2. The van der Waals surface area contributed by atoms with Crippen LogP contribution in [0.5, 0.6) is 0 Å². The molecule has 1 fully saturated rings. The zero-order valence-corrected chi connectivity index (χ0v) is 22.1. The lowest BCUT2D eigenvalue weighted by Crippen LogP contribution is -2.39. The molecule has 5 rings (SSSR count). The third-order valence-corrected chi connectivity index (χ3v) is 7.80. The molecule has 2 amide bonds. The van der Waals surface area contributed by atoms with E-state index in [0.717, 1.165) is 34.0 Å². The minimum Gasteiger partial charge on any atom is -0.468 e. The second-order valence-corrected chi connectivity index (χ2v) is 10.5. The Bertz CT molecular complexity index is 1490. The zero-order valence-electron chi connectivity index (χ0n) is 21.2. The van der Waals surface area contributed by atoms with Gasteiger partial charge in [0.25, 0.3) is 11.8 Å². The van der Waals surface area contributed by atoms with Gasteiger partial charge in [0.05, 0.1) is 28.8 Å². The molecule has 196 valence electrons. The summed E-state index contributed by atoms with van der Waals surface area (Å²) >= 11 is 1.70. The fourth-order valence-corrected chi connectivity index (χ4v) is 5.64. The van der Waals surface area contributed by atoms with E-state index in [1.54, 1.807) is 29.0 Å².